The number of ether oxygens (including phenoxy) is 2. The summed E-state index contributed by atoms with van der Waals surface area (Å²) < 4.78 is 23.2. The molecule has 19 heavy (non-hydrogen) atoms. The van der Waals surface area contributed by atoms with E-state index in [9.17, 15) is 9.18 Å². The van der Waals surface area contributed by atoms with E-state index in [1.165, 1.54) is 12.1 Å². The van der Waals surface area contributed by atoms with E-state index in [-0.39, 0.29) is 18.8 Å². The van der Waals surface area contributed by atoms with Gasteiger partial charge in [0.2, 0.25) is 0 Å². The molecule has 0 saturated carbocycles. The quantitative estimate of drug-likeness (QED) is 0.600. The first-order valence-electron chi connectivity index (χ1n) is 5.84. The number of rotatable bonds is 7. The minimum absolute atomic E-state index is 0.120. The molecule has 5 nitrogen and oxygen atoms in total. The standard InChI is InChI=1S/C13H15FN2O3/c1-2-19-13(17)9-18-6-5-16-12-4-3-10(8-15)7-11(12)14/h3-4,7,16H,2,5-6,9H2,1H3. The van der Waals surface area contributed by atoms with Crippen LogP contribution in [0, 0.1) is 17.1 Å². The molecule has 0 fully saturated rings. The minimum Gasteiger partial charge on any atom is -0.464 e. The van der Waals surface area contributed by atoms with Crippen LogP contribution >= 0.6 is 0 Å². The van der Waals surface area contributed by atoms with Crippen molar-refractivity contribution in [2.75, 3.05) is 31.7 Å². The molecule has 6 heteroatoms. The van der Waals surface area contributed by atoms with Gasteiger partial charge < -0.3 is 14.8 Å². The van der Waals surface area contributed by atoms with Crippen LogP contribution in [0.15, 0.2) is 18.2 Å². The van der Waals surface area contributed by atoms with E-state index in [0.29, 0.717) is 18.8 Å². The van der Waals surface area contributed by atoms with Gasteiger partial charge in [-0.05, 0) is 25.1 Å². The first-order chi connectivity index (χ1) is 9.17. The van der Waals surface area contributed by atoms with E-state index < -0.39 is 11.8 Å². The zero-order valence-corrected chi connectivity index (χ0v) is 10.6. The summed E-state index contributed by atoms with van der Waals surface area (Å²) in [5, 5.41) is 11.4. The van der Waals surface area contributed by atoms with Gasteiger partial charge in [-0.1, -0.05) is 0 Å². The molecule has 1 aromatic rings. The fourth-order valence-corrected chi connectivity index (χ4v) is 1.34. The number of nitriles is 1. The monoisotopic (exact) mass is 266 g/mol. The number of carbonyl (C=O) groups excluding carboxylic acids is 1. The highest BCUT2D eigenvalue weighted by Gasteiger charge is 2.03. The molecule has 0 bridgehead atoms. The van der Waals surface area contributed by atoms with E-state index in [4.69, 9.17) is 10.00 Å². The van der Waals surface area contributed by atoms with Crippen molar-refractivity contribution in [2.45, 2.75) is 6.92 Å². The second-order valence-corrected chi connectivity index (χ2v) is 3.59. The van der Waals surface area contributed by atoms with Crippen molar-refractivity contribution in [1.29, 1.82) is 5.26 Å². The molecule has 0 radical (unpaired) electrons. The van der Waals surface area contributed by atoms with Crippen molar-refractivity contribution < 1.29 is 18.7 Å². The van der Waals surface area contributed by atoms with Gasteiger partial charge in [0.25, 0.3) is 0 Å². The van der Waals surface area contributed by atoms with Gasteiger partial charge in [-0.15, -0.1) is 0 Å². The Hall–Kier alpha value is -2.13. The summed E-state index contributed by atoms with van der Waals surface area (Å²) >= 11 is 0. The van der Waals surface area contributed by atoms with Crippen molar-refractivity contribution in [3.63, 3.8) is 0 Å². The molecule has 0 aliphatic rings. The molecule has 0 saturated heterocycles. The SMILES string of the molecule is CCOC(=O)COCCNc1ccc(C#N)cc1F. The first-order valence-corrected chi connectivity index (χ1v) is 5.84. The van der Waals surface area contributed by atoms with Crippen LogP contribution in [0.3, 0.4) is 0 Å². The predicted octanol–water partition coefficient (Wildman–Crippen LogP) is 1.69. The molecule has 0 atom stereocenters. The summed E-state index contributed by atoms with van der Waals surface area (Å²) in [5.41, 5.74) is 0.556. The molecule has 0 aliphatic carbocycles. The molecule has 0 unspecified atom stereocenters. The molecule has 0 aliphatic heterocycles. The van der Waals surface area contributed by atoms with Crippen molar-refractivity contribution in [3.05, 3.63) is 29.6 Å². The lowest BCUT2D eigenvalue weighted by molar-refractivity contribution is -0.148. The lowest BCUT2D eigenvalue weighted by Gasteiger charge is -2.08. The number of benzene rings is 1. The summed E-state index contributed by atoms with van der Waals surface area (Å²) in [7, 11) is 0. The molecule has 0 aromatic heterocycles. The third kappa shape index (κ3) is 5.36. The Labute approximate surface area is 110 Å². The second-order valence-electron chi connectivity index (χ2n) is 3.59. The minimum atomic E-state index is -0.496. The molecule has 0 heterocycles. The lowest BCUT2D eigenvalue weighted by Crippen LogP contribution is -2.17. The van der Waals surface area contributed by atoms with Crippen molar-refractivity contribution in [3.8, 4) is 6.07 Å². The molecule has 1 rings (SSSR count). The van der Waals surface area contributed by atoms with Crippen molar-refractivity contribution >= 4 is 11.7 Å². The highest BCUT2D eigenvalue weighted by Crippen LogP contribution is 2.14. The van der Waals surface area contributed by atoms with Gasteiger partial charge >= 0.3 is 5.97 Å². The molecular formula is C13H15FN2O3. The Kier molecular flexibility index (Phi) is 6.33. The van der Waals surface area contributed by atoms with Crippen LogP contribution in [0.2, 0.25) is 0 Å². The zero-order chi connectivity index (χ0) is 14.1. The Morgan fingerprint density at radius 3 is 2.95 bits per heavy atom. The highest BCUT2D eigenvalue weighted by molar-refractivity contribution is 5.70. The van der Waals surface area contributed by atoms with Gasteiger partial charge in [-0.2, -0.15) is 5.26 Å². The van der Waals surface area contributed by atoms with E-state index in [2.05, 4.69) is 10.1 Å². The summed E-state index contributed by atoms with van der Waals surface area (Å²) in [5.74, 6) is -0.920. The van der Waals surface area contributed by atoms with E-state index in [1.807, 2.05) is 6.07 Å². The normalized spacial score (nSPS) is 9.74. The van der Waals surface area contributed by atoms with Crippen molar-refractivity contribution in [1.82, 2.24) is 0 Å². The Morgan fingerprint density at radius 1 is 1.53 bits per heavy atom. The largest absolute Gasteiger partial charge is 0.464 e. The number of anilines is 1. The summed E-state index contributed by atoms with van der Waals surface area (Å²) in [4.78, 5) is 10.9. The number of hydrogen-bond donors (Lipinski definition) is 1. The van der Waals surface area contributed by atoms with E-state index >= 15 is 0 Å². The average molecular weight is 266 g/mol. The van der Waals surface area contributed by atoms with Gasteiger partial charge in [-0.3, -0.25) is 0 Å². The topological polar surface area (TPSA) is 71.3 Å². The molecule has 0 spiro atoms. The Balaban J connectivity index is 2.26. The maximum absolute atomic E-state index is 13.4. The van der Waals surface area contributed by atoms with Crippen LogP contribution in [0.4, 0.5) is 10.1 Å². The first kappa shape index (κ1) is 14.9. The maximum atomic E-state index is 13.4. The van der Waals surface area contributed by atoms with Crippen LogP contribution in [-0.4, -0.2) is 32.3 Å². The molecular weight excluding hydrogens is 251 g/mol. The van der Waals surface area contributed by atoms with Gasteiger partial charge in [0, 0.05) is 6.54 Å². The fourth-order valence-electron chi connectivity index (χ4n) is 1.34. The third-order valence-electron chi connectivity index (χ3n) is 2.19. The third-order valence-corrected chi connectivity index (χ3v) is 2.19. The predicted molar refractivity (Wildman–Crippen MR) is 67.1 cm³/mol. The molecule has 102 valence electrons. The number of nitrogens with one attached hydrogen (secondary N) is 1. The highest BCUT2D eigenvalue weighted by atomic mass is 19.1. The Morgan fingerprint density at radius 2 is 2.32 bits per heavy atom. The van der Waals surface area contributed by atoms with Crippen LogP contribution in [-0.2, 0) is 14.3 Å². The van der Waals surface area contributed by atoms with E-state index in [1.54, 1.807) is 6.92 Å². The fraction of sp³-hybridized carbons (Fsp3) is 0.385. The van der Waals surface area contributed by atoms with Crippen LogP contribution in [0.5, 0.6) is 0 Å². The number of hydrogen-bond acceptors (Lipinski definition) is 5. The van der Waals surface area contributed by atoms with Gasteiger partial charge in [0.1, 0.15) is 12.4 Å². The lowest BCUT2D eigenvalue weighted by atomic mass is 10.2. The molecule has 1 aromatic carbocycles. The van der Waals surface area contributed by atoms with Crippen molar-refractivity contribution in [2.24, 2.45) is 0 Å². The number of carbonyl (C=O) groups is 1. The molecule has 0 amide bonds. The second kappa shape index (κ2) is 8.06. The summed E-state index contributed by atoms with van der Waals surface area (Å²) in [6.45, 7) is 2.51. The van der Waals surface area contributed by atoms with Crippen LogP contribution in [0.1, 0.15) is 12.5 Å². The maximum Gasteiger partial charge on any atom is 0.332 e. The van der Waals surface area contributed by atoms with Gasteiger partial charge in [0.15, 0.2) is 0 Å². The number of esters is 1. The number of nitrogens with zero attached hydrogens (tertiary/aromatic N) is 1. The van der Waals surface area contributed by atoms with Gasteiger partial charge in [0.05, 0.1) is 30.5 Å². The van der Waals surface area contributed by atoms with Crippen LogP contribution in [0.25, 0.3) is 0 Å². The molecule has 1 N–H and O–H groups in total. The van der Waals surface area contributed by atoms with Crippen LogP contribution < -0.4 is 5.32 Å². The summed E-state index contributed by atoms with van der Waals surface area (Å²) in [6.07, 6.45) is 0. The zero-order valence-electron chi connectivity index (χ0n) is 10.6. The van der Waals surface area contributed by atoms with Gasteiger partial charge in [-0.25, -0.2) is 9.18 Å². The Bertz CT molecular complexity index is 471. The van der Waals surface area contributed by atoms with E-state index in [0.717, 1.165) is 6.07 Å². The average Bonchev–Trinajstić information content (AvgIpc) is 2.40. The smallest absolute Gasteiger partial charge is 0.332 e. The number of halogens is 1. The summed E-state index contributed by atoms with van der Waals surface area (Å²) in [6, 6.07) is 6.01.